The predicted molar refractivity (Wildman–Crippen MR) is 54.5 cm³/mol. The molecule has 0 aromatic carbocycles. The van der Waals surface area contributed by atoms with Crippen molar-refractivity contribution in [3.05, 3.63) is 30.4 Å². The third kappa shape index (κ3) is 1.45. The molecule has 0 atom stereocenters. The Hall–Kier alpha value is -2.51. The minimum Gasteiger partial charge on any atom is -0.363 e. The minimum absolute atomic E-state index is 0.606. The van der Waals surface area contributed by atoms with E-state index in [1.807, 2.05) is 6.07 Å². The van der Waals surface area contributed by atoms with Crippen LogP contribution in [0.2, 0.25) is 0 Å². The lowest BCUT2D eigenvalue weighted by Gasteiger charge is -2.04. The SMILES string of the molecule is c1cc(CNc2cncc3nnnn23)[nH]n1. The number of fused-ring (bicyclic) bond motifs is 1. The Balaban J connectivity index is 1.86. The first-order chi connectivity index (χ1) is 7.93. The van der Waals surface area contributed by atoms with Crippen LogP contribution in [0.5, 0.6) is 0 Å². The van der Waals surface area contributed by atoms with Crippen LogP contribution in [0.4, 0.5) is 5.82 Å². The lowest BCUT2D eigenvalue weighted by atomic mass is 10.4. The van der Waals surface area contributed by atoms with Gasteiger partial charge in [0.05, 0.1) is 24.6 Å². The zero-order chi connectivity index (χ0) is 10.8. The molecule has 0 aliphatic heterocycles. The van der Waals surface area contributed by atoms with E-state index in [2.05, 4.69) is 36.0 Å². The van der Waals surface area contributed by atoms with Crippen LogP contribution < -0.4 is 5.32 Å². The maximum Gasteiger partial charge on any atom is 0.199 e. The van der Waals surface area contributed by atoms with Crippen molar-refractivity contribution in [1.29, 1.82) is 0 Å². The standard InChI is InChI=1S/C8H8N8/c1-2-11-12-6(1)3-10-7-4-9-5-8-13-14-15-16(7)8/h1-2,4-5,10H,3H2,(H,11,12). The third-order valence-electron chi connectivity index (χ3n) is 2.13. The fourth-order valence-electron chi connectivity index (χ4n) is 1.36. The molecule has 3 aromatic rings. The highest BCUT2D eigenvalue weighted by molar-refractivity contribution is 5.43. The fraction of sp³-hybridized carbons (Fsp3) is 0.125. The Bertz CT molecular complexity index is 583. The summed E-state index contributed by atoms with van der Waals surface area (Å²) < 4.78 is 1.59. The smallest absolute Gasteiger partial charge is 0.199 e. The molecule has 80 valence electrons. The molecule has 8 heteroatoms. The van der Waals surface area contributed by atoms with Gasteiger partial charge in [0, 0.05) is 6.20 Å². The molecule has 0 saturated carbocycles. The lowest BCUT2D eigenvalue weighted by Crippen LogP contribution is -2.06. The van der Waals surface area contributed by atoms with E-state index in [0.717, 1.165) is 11.5 Å². The second kappa shape index (κ2) is 3.57. The van der Waals surface area contributed by atoms with Gasteiger partial charge in [-0.05, 0) is 16.5 Å². The Labute approximate surface area is 89.7 Å². The van der Waals surface area contributed by atoms with Crippen LogP contribution in [-0.2, 0) is 6.54 Å². The van der Waals surface area contributed by atoms with Crippen LogP contribution in [0, 0.1) is 0 Å². The highest BCUT2D eigenvalue weighted by atomic mass is 15.5. The number of aromatic nitrogens is 7. The summed E-state index contributed by atoms with van der Waals surface area (Å²) in [6, 6.07) is 1.89. The van der Waals surface area contributed by atoms with Gasteiger partial charge < -0.3 is 5.32 Å². The molecule has 8 nitrogen and oxygen atoms in total. The largest absolute Gasteiger partial charge is 0.363 e. The molecular weight excluding hydrogens is 208 g/mol. The van der Waals surface area contributed by atoms with Crippen molar-refractivity contribution in [3.63, 3.8) is 0 Å². The van der Waals surface area contributed by atoms with E-state index in [-0.39, 0.29) is 0 Å². The molecule has 0 aliphatic carbocycles. The third-order valence-corrected chi connectivity index (χ3v) is 2.13. The van der Waals surface area contributed by atoms with E-state index in [1.54, 1.807) is 23.1 Å². The summed E-state index contributed by atoms with van der Waals surface area (Å²) in [7, 11) is 0. The molecule has 0 radical (unpaired) electrons. The molecule has 0 bridgehead atoms. The highest BCUT2D eigenvalue weighted by Crippen LogP contribution is 2.06. The van der Waals surface area contributed by atoms with Crippen molar-refractivity contribution in [3.8, 4) is 0 Å². The summed E-state index contributed by atoms with van der Waals surface area (Å²) >= 11 is 0. The van der Waals surface area contributed by atoms with E-state index in [0.29, 0.717) is 12.2 Å². The van der Waals surface area contributed by atoms with Crippen molar-refractivity contribution < 1.29 is 0 Å². The van der Waals surface area contributed by atoms with Crippen molar-refractivity contribution >= 4 is 11.5 Å². The molecule has 0 spiro atoms. The fourth-order valence-corrected chi connectivity index (χ4v) is 1.36. The summed E-state index contributed by atoms with van der Waals surface area (Å²) in [5.41, 5.74) is 1.58. The number of nitrogens with zero attached hydrogens (tertiary/aromatic N) is 6. The van der Waals surface area contributed by atoms with Crippen LogP contribution in [0.3, 0.4) is 0 Å². The molecule has 3 aromatic heterocycles. The predicted octanol–water partition coefficient (Wildman–Crippen LogP) is -0.146. The average molecular weight is 216 g/mol. The molecule has 0 aliphatic rings. The Morgan fingerprint density at radius 3 is 3.25 bits per heavy atom. The van der Waals surface area contributed by atoms with Crippen LogP contribution in [0.15, 0.2) is 24.7 Å². The first-order valence-electron chi connectivity index (χ1n) is 4.68. The molecule has 0 fully saturated rings. The van der Waals surface area contributed by atoms with Gasteiger partial charge in [-0.25, -0.2) is 0 Å². The number of hydrogen-bond acceptors (Lipinski definition) is 6. The molecule has 3 heterocycles. The summed E-state index contributed by atoms with van der Waals surface area (Å²) in [5, 5.41) is 21.1. The van der Waals surface area contributed by atoms with E-state index < -0.39 is 0 Å². The van der Waals surface area contributed by atoms with Gasteiger partial charge in [-0.2, -0.15) is 9.61 Å². The maximum absolute atomic E-state index is 4.03. The molecule has 0 saturated heterocycles. The minimum atomic E-state index is 0.606. The Kier molecular flexibility index (Phi) is 1.96. The first kappa shape index (κ1) is 8.77. The van der Waals surface area contributed by atoms with E-state index in [9.17, 15) is 0 Å². The number of nitrogens with one attached hydrogen (secondary N) is 2. The highest BCUT2D eigenvalue weighted by Gasteiger charge is 2.03. The van der Waals surface area contributed by atoms with Crippen molar-refractivity contribution in [2.45, 2.75) is 6.54 Å². The number of anilines is 1. The topological polar surface area (TPSA) is 96.7 Å². The zero-order valence-electron chi connectivity index (χ0n) is 8.20. The van der Waals surface area contributed by atoms with Gasteiger partial charge in [0.1, 0.15) is 0 Å². The van der Waals surface area contributed by atoms with Gasteiger partial charge in [-0.15, -0.1) is 5.10 Å². The summed E-state index contributed by atoms with van der Waals surface area (Å²) in [4.78, 5) is 4.03. The van der Waals surface area contributed by atoms with Crippen molar-refractivity contribution in [2.24, 2.45) is 0 Å². The summed E-state index contributed by atoms with van der Waals surface area (Å²) in [6.07, 6.45) is 4.97. The number of H-pyrrole nitrogens is 1. The van der Waals surface area contributed by atoms with Crippen molar-refractivity contribution in [2.75, 3.05) is 5.32 Å². The van der Waals surface area contributed by atoms with Crippen molar-refractivity contribution in [1.82, 2.24) is 35.2 Å². The molecule has 2 N–H and O–H groups in total. The maximum atomic E-state index is 4.03. The number of tetrazole rings is 1. The summed E-state index contributed by atoms with van der Waals surface area (Å²) in [5.74, 6) is 0.733. The van der Waals surface area contributed by atoms with Crippen LogP contribution in [0.25, 0.3) is 5.65 Å². The molecule has 0 amide bonds. The van der Waals surface area contributed by atoms with Gasteiger partial charge >= 0.3 is 0 Å². The van der Waals surface area contributed by atoms with Crippen LogP contribution in [0.1, 0.15) is 5.69 Å². The lowest BCUT2D eigenvalue weighted by molar-refractivity contribution is 0.817. The quantitative estimate of drug-likeness (QED) is 0.632. The van der Waals surface area contributed by atoms with Gasteiger partial charge in [0.15, 0.2) is 11.5 Å². The normalized spacial score (nSPS) is 10.8. The van der Waals surface area contributed by atoms with Crippen LogP contribution >= 0.6 is 0 Å². The molecule has 0 unspecified atom stereocenters. The number of hydrogen-bond donors (Lipinski definition) is 2. The monoisotopic (exact) mass is 216 g/mol. The average Bonchev–Trinajstić information content (AvgIpc) is 2.97. The number of aromatic amines is 1. The summed E-state index contributed by atoms with van der Waals surface area (Å²) in [6.45, 7) is 0.612. The van der Waals surface area contributed by atoms with Crippen LogP contribution in [-0.4, -0.2) is 35.2 Å². The molecular formula is C8H8N8. The van der Waals surface area contributed by atoms with Gasteiger partial charge in [-0.3, -0.25) is 10.1 Å². The van der Waals surface area contributed by atoms with E-state index in [1.165, 1.54) is 0 Å². The molecule has 3 rings (SSSR count). The second-order valence-corrected chi connectivity index (χ2v) is 3.18. The molecule has 16 heavy (non-hydrogen) atoms. The van der Waals surface area contributed by atoms with Gasteiger partial charge in [0.2, 0.25) is 0 Å². The Morgan fingerprint density at radius 1 is 1.38 bits per heavy atom. The zero-order valence-corrected chi connectivity index (χ0v) is 8.20. The Morgan fingerprint density at radius 2 is 2.38 bits per heavy atom. The first-order valence-corrected chi connectivity index (χ1v) is 4.68. The number of rotatable bonds is 3. The van der Waals surface area contributed by atoms with Gasteiger partial charge in [0.25, 0.3) is 0 Å². The van der Waals surface area contributed by atoms with E-state index >= 15 is 0 Å². The van der Waals surface area contributed by atoms with E-state index in [4.69, 9.17) is 0 Å². The second-order valence-electron chi connectivity index (χ2n) is 3.18. The van der Waals surface area contributed by atoms with Gasteiger partial charge in [-0.1, -0.05) is 0 Å².